The molecule has 0 radical (unpaired) electrons. The van der Waals surface area contributed by atoms with Gasteiger partial charge in [0.05, 0.1) is 12.1 Å². The molecule has 0 fully saturated rings. The Balaban J connectivity index is 2.43. The van der Waals surface area contributed by atoms with Crippen LogP contribution in [0.15, 0.2) is 40.0 Å². The number of sulfonamides is 1. The largest absolute Gasteiger partial charge is 0.394 e. The normalized spacial score (nSPS) is 14.9. The summed E-state index contributed by atoms with van der Waals surface area (Å²) in [6.07, 6.45) is 0. The summed E-state index contributed by atoms with van der Waals surface area (Å²) < 4.78 is 28.8. The van der Waals surface area contributed by atoms with E-state index >= 15 is 0 Å². The highest BCUT2D eigenvalue weighted by atomic mass is 79.9. The Morgan fingerprint density at radius 3 is 2.48 bits per heavy atom. The summed E-state index contributed by atoms with van der Waals surface area (Å²) in [5.41, 5.74) is -0.494. The Bertz CT molecular complexity index is 713. The van der Waals surface area contributed by atoms with Crippen LogP contribution in [0.2, 0.25) is 0 Å². The first-order chi connectivity index (χ1) is 9.80. The molecule has 0 saturated carbocycles. The molecule has 1 aromatic carbocycles. The molecule has 2 N–H and O–H groups in total. The van der Waals surface area contributed by atoms with Crippen LogP contribution in [0.5, 0.6) is 0 Å². The third-order valence-corrected chi connectivity index (χ3v) is 5.56. The highest BCUT2D eigenvalue weighted by Crippen LogP contribution is 2.25. The van der Waals surface area contributed by atoms with Crippen molar-refractivity contribution in [1.82, 2.24) is 19.7 Å². The van der Waals surface area contributed by atoms with Crippen molar-refractivity contribution >= 4 is 26.0 Å². The summed E-state index contributed by atoms with van der Waals surface area (Å²) in [5.74, 6) is 0. The van der Waals surface area contributed by atoms with Gasteiger partial charge in [-0.1, -0.05) is 35.5 Å². The van der Waals surface area contributed by atoms with Gasteiger partial charge in [-0.05, 0) is 28.4 Å². The molecule has 0 bridgehead atoms. The fourth-order valence-corrected chi connectivity index (χ4v) is 4.43. The van der Waals surface area contributed by atoms with Crippen molar-refractivity contribution in [1.29, 1.82) is 0 Å². The molecule has 2 rings (SSSR count). The number of halogens is 1. The maximum Gasteiger partial charge on any atom is 0.261 e. The molecule has 2 aromatic rings. The number of rotatable bonds is 5. The van der Waals surface area contributed by atoms with Gasteiger partial charge in [-0.2, -0.15) is 4.72 Å². The van der Waals surface area contributed by atoms with E-state index in [-0.39, 0.29) is 16.2 Å². The van der Waals surface area contributed by atoms with Gasteiger partial charge in [0.2, 0.25) is 5.03 Å². The monoisotopic (exact) mass is 374 g/mol. The second-order valence-electron chi connectivity index (χ2n) is 4.77. The first-order valence-electron chi connectivity index (χ1n) is 6.06. The van der Waals surface area contributed by atoms with Crippen LogP contribution in [0.4, 0.5) is 0 Å². The number of hydrogen-bond acceptors (Lipinski definition) is 5. The average molecular weight is 375 g/mol. The minimum Gasteiger partial charge on any atom is -0.394 e. The molecular formula is C12H15BrN4O3S. The Hall–Kier alpha value is -1.29. The third-order valence-electron chi connectivity index (χ3n) is 3.08. The number of aliphatic hydroxyl groups excluding tert-OH is 1. The lowest BCUT2D eigenvalue weighted by molar-refractivity contribution is 0.196. The standard InChI is InChI=1S/C12H15BrN4O3S/c1-12(8-18,9-6-4-3-5-7-9)15-21(19,20)11-10(13)14-16-17(11)2/h3-7,15,18H,8H2,1-2H3. The van der Waals surface area contributed by atoms with Gasteiger partial charge < -0.3 is 5.11 Å². The topological polar surface area (TPSA) is 97.1 Å². The summed E-state index contributed by atoms with van der Waals surface area (Å²) in [7, 11) is -2.44. The Kier molecular flexibility index (Phi) is 4.47. The molecule has 1 heterocycles. The van der Waals surface area contributed by atoms with Crippen molar-refractivity contribution in [3.63, 3.8) is 0 Å². The average Bonchev–Trinajstić information content (AvgIpc) is 2.79. The second-order valence-corrected chi connectivity index (χ2v) is 7.12. The molecular weight excluding hydrogens is 360 g/mol. The number of hydrogen-bond donors (Lipinski definition) is 2. The Morgan fingerprint density at radius 2 is 2.00 bits per heavy atom. The van der Waals surface area contributed by atoms with E-state index in [9.17, 15) is 13.5 Å². The summed E-state index contributed by atoms with van der Waals surface area (Å²) in [5, 5.41) is 16.9. The van der Waals surface area contributed by atoms with Crippen LogP contribution in [-0.4, -0.2) is 35.1 Å². The zero-order valence-corrected chi connectivity index (χ0v) is 13.9. The van der Waals surface area contributed by atoms with E-state index in [2.05, 4.69) is 31.0 Å². The third kappa shape index (κ3) is 3.15. The molecule has 1 aromatic heterocycles. The highest BCUT2D eigenvalue weighted by molar-refractivity contribution is 9.10. The smallest absolute Gasteiger partial charge is 0.261 e. The van der Waals surface area contributed by atoms with Crippen LogP contribution in [-0.2, 0) is 22.6 Å². The van der Waals surface area contributed by atoms with Gasteiger partial charge in [0.15, 0.2) is 4.60 Å². The first-order valence-corrected chi connectivity index (χ1v) is 8.33. The molecule has 0 amide bonds. The van der Waals surface area contributed by atoms with Crippen molar-refractivity contribution in [3.05, 3.63) is 40.5 Å². The van der Waals surface area contributed by atoms with Gasteiger partial charge in [-0.25, -0.2) is 13.1 Å². The van der Waals surface area contributed by atoms with Crippen LogP contribution in [0.1, 0.15) is 12.5 Å². The molecule has 0 aliphatic carbocycles. The van der Waals surface area contributed by atoms with Crippen LogP contribution < -0.4 is 4.72 Å². The number of nitrogens with one attached hydrogen (secondary N) is 1. The zero-order chi connectivity index (χ0) is 15.7. The minimum atomic E-state index is -3.92. The number of nitrogens with zero attached hydrogens (tertiary/aromatic N) is 3. The molecule has 7 nitrogen and oxygen atoms in total. The maximum absolute atomic E-state index is 12.5. The van der Waals surface area contributed by atoms with E-state index in [1.165, 1.54) is 7.05 Å². The minimum absolute atomic E-state index is 0.0990. The van der Waals surface area contributed by atoms with Crippen LogP contribution in [0, 0.1) is 0 Å². The van der Waals surface area contributed by atoms with E-state index in [1.54, 1.807) is 31.2 Å². The van der Waals surface area contributed by atoms with Gasteiger partial charge in [0.1, 0.15) is 0 Å². The quantitative estimate of drug-likeness (QED) is 0.805. The summed E-state index contributed by atoms with van der Waals surface area (Å²) >= 11 is 3.06. The van der Waals surface area contributed by atoms with Crippen molar-refractivity contribution in [3.8, 4) is 0 Å². The van der Waals surface area contributed by atoms with E-state index in [4.69, 9.17) is 0 Å². The Labute approximate surface area is 131 Å². The van der Waals surface area contributed by atoms with Crippen LogP contribution in [0.25, 0.3) is 0 Å². The number of aliphatic hydroxyl groups is 1. The first kappa shape index (κ1) is 16.1. The molecule has 114 valence electrons. The Morgan fingerprint density at radius 1 is 1.38 bits per heavy atom. The van der Waals surface area contributed by atoms with Gasteiger partial charge in [-0.15, -0.1) is 5.10 Å². The molecule has 9 heteroatoms. The van der Waals surface area contributed by atoms with Crippen molar-refractivity contribution in [2.24, 2.45) is 7.05 Å². The fourth-order valence-electron chi connectivity index (χ4n) is 1.94. The lowest BCUT2D eigenvalue weighted by Crippen LogP contribution is -2.46. The SMILES string of the molecule is Cn1nnc(Br)c1S(=O)(=O)NC(C)(CO)c1ccccc1. The maximum atomic E-state index is 12.5. The summed E-state index contributed by atoms with van der Waals surface area (Å²) in [4.78, 5) is 0. The van der Waals surface area contributed by atoms with Crippen molar-refractivity contribution in [2.75, 3.05) is 6.61 Å². The number of aromatic nitrogens is 3. The molecule has 0 saturated heterocycles. The molecule has 0 aliphatic heterocycles. The lowest BCUT2D eigenvalue weighted by atomic mass is 9.94. The van der Waals surface area contributed by atoms with Gasteiger partial charge in [-0.3, -0.25) is 0 Å². The zero-order valence-electron chi connectivity index (χ0n) is 11.5. The van der Waals surface area contributed by atoms with Crippen molar-refractivity contribution in [2.45, 2.75) is 17.5 Å². The molecule has 21 heavy (non-hydrogen) atoms. The van der Waals surface area contributed by atoms with E-state index in [1.807, 2.05) is 6.07 Å². The number of benzene rings is 1. The van der Waals surface area contributed by atoms with Gasteiger partial charge in [0, 0.05) is 7.05 Å². The number of aryl methyl sites for hydroxylation is 1. The molecule has 1 unspecified atom stereocenters. The summed E-state index contributed by atoms with van der Waals surface area (Å²) in [6, 6.07) is 8.86. The van der Waals surface area contributed by atoms with Crippen LogP contribution in [0.3, 0.4) is 0 Å². The van der Waals surface area contributed by atoms with E-state index < -0.39 is 15.6 Å². The molecule has 0 spiro atoms. The molecule has 1 atom stereocenters. The van der Waals surface area contributed by atoms with E-state index in [0.717, 1.165) is 4.68 Å². The molecule has 0 aliphatic rings. The summed E-state index contributed by atoms with van der Waals surface area (Å²) in [6.45, 7) is 1.22. The lowest BCUT2D eigenvalue weighted by Gasteiger charge is -2.28. The predicted molar refractivity (Wildman–Crippen MR) is 79.9 cm³/mol. The predicted octanol–water partition coefficient (Wildman–Crippen LogP) is 0.764. The van der Waals surface area contributed by atoms with Gasteiger partial charge in [0.25, 0.3) is 10.0 Å². The highest BCUT2D eigenvalue weighted by Gasteiger charge is 2.34. The van der Waals surface area contributed by atoms with Crippen LogP contribution >= 0.6 is 15.9 Å². The van der Waals surface area contributed by atoms with E-state index in [0.29, 0.717) is 5.56 Å². The second kappa shape index (κ2) is 5.84. The van der Waals surface area contributed by atoms with Crippen molar-refractivity contribution < 1.29 is 13.5 Å². The van der Waals surface area contributed by atoms with Gasteiger partial charge >= 0.3 is 0 Å². The fraction of sp³-hybridized carbons (Fsp3) is 0.333.